The summed E-state index contributed by atoms with van der Waals surface area (Å²) < 4.78 is 16.7. The number of esters is 3. The van der Waals surface area contributed by atoms with Gasteiger partial charge in [-0.2, -0.15) is 0 Å². The normalized spacial score (nSPS) is 13.1. The summed E-state index contributed by atoms with van der Waals surface area (Å²) in [6.45, 7) is 6.37. The molecule has 0 aliphatic heterocycles. The molecule has 0 aliphatic rings. The molecule has 0 aromatic carbocycles. The fourth-order valence-corrected chi connectivity index (χ4v) is 7.34. The molecule has 6 nitrogen and oxygen atoms in total. The van der Waals surface area contributed by atoms with Gasteiger partial charge in [-0.05, 0) is 122 Å². The minimum atomic E-state index is -0.848. The maximum absolute atomic E-state index is 12.8. The second kappa shape index (κ2) is 58.1. The SMILES string of the molecule is CC/C=C\C/C=C\C/C=C\C/C=C\C/C=C\C/C=C\CCC(=O)O[C@H](COC(=O)CCC/C=C\C/C=C\C/C=C\C/C=C\CCCCC)COC(=O)CCCCCCCCC/C=C\CCCCCCCC. The van der Waals surface area contributed by atoms with Gasteiger partial charge >= 0.3 is 17.9 Å². The van der Waals surface area contributed by atoms with Crippen LogP contribution in [0.4, 0.5) is 0 Å². The van der Waals surface area contributed by atoms with Gasteiger partial charge < -0.3 is 14.2 Å². The number of rotatable bonds is 50. The van der Waals surface area contributed by atoms with Gasteiger partial charge in [-0.3, -0.25) is 14.4 Å². The summed E-state index contributed by atoms with van der Waals surface area (Å²) in [5.74, 6) is -1.08. The van der Waals surface area contributed by atoms with Gasteiger partial charge in [-0.25, -0.2) is 0 Å². The van der Waals surface area contributed by atoms with Gasteiger partial charge in [0.2, 0.25) is 0 Å². The summed E-state index contributed by atoms with van der Waals surface area (Å²) in [6.07, 6.45) is 81.7. The maximum Gasteiger partial charge on any atom is 0.306 e. The molecule has 71 heavy (non-hydrogen) atoms. The van der Waals surface area contributed by atoms with E-state index in [9.17, 15) is 14.4 Å². The quantitative estimate of drug-likeness (QED) is 0.0262. The third kappa shape index (κ3) is 56.3. The minimum Gasteiger partial charge on any atom is -0.462 e. The van der Waals surface area contributed by atoms with Gasteiger partial charge in [0.25, 0.3) is 0 Å². The lowest BCUT2D eigenvalue weighted by Crippen LogP contribution is -2.30. The van der Waals surface area contributed by atoms with Crippen molar-refractivity contribution in [1.82, 2.24) is 0 Å². The first-order valence-corrected chi connectivity index (χ1v) is 28.7. The largest absolute Gasteiger partial charge is 0.462 e. The van der Waals surface area contributed by atoms with E-state index in [-0.39, 0.29) is 38.0 Å². The smallest absolute Gasteiger partial charge is 0.306 e. The van der Waals surface area contributed by atoms with Crippen molar-refractivity contribution >= 4 is 17.9 Å². The van der Waals surface area contributed by atoms with E-state index in [0.29, 0.717) is 19.3 Å². The van der Waals surface area contributed by atoms with Crippen molar-refractivity contribution in [2.45, 2.75) is 245 Å². The van der Waals surface area contributed by atoms with Crippen LogP contribution in [0, 0.1) is 0 Å². The molecule has 0 radical (unpaired) electrons. The van der Waals surface area contributed by atoms with Crippen molar-refractivity contribution < 1.29 is 28.6 Å². The summed E-state index contributed by atoms with van der Waals surface area (Å²) >= 11 is 0. The lowest BCUT2D eigenvalue weighted by molar-refractivity contribution is -0.166. The van der Waals surface area contributed by atoms with Crippen LogP contribution in [0.15, 0.2) is 134 Å². The average molecular weight is 982 g/mol. The molecule has 0 N–H and O–H groups in total. The highest BCUT2D eigenvalue weighted by Gasteiger charge is 2.19. The van der Waals surface area contributed by atoms with Gasteiger partial charge in [-0.15, -0.1) is 0 Å². The number of carbonyl (C=O) groups is 3. The van der Waals surface area contributed by atoms with E-state index in [2.05, 4.69) is 142 Å². The number of hydrogen-bond donors (Lipinski definition) is 0. The molecule has 0 saturated heterocycles. The Kier molecular flexibility index (Phi) is 54.5. The van der Waals surface area contributed by atoms with Crippen LogP contribution in [-0.2, 0) is 28.6 Å². The minimum absolute atomic E-state index is 0.132. The molecule has 0 heterocycles. The first-order chi connectivity index (χ1) is 35.0. The second-order valence-electron chi connectivity index (χ2n) is 18.5. The molecule has 0 aliphatic carbocycles. The van der Waals surface area contributed by atoms with E-state index in [1.54, 1.807) is 0 Å². The molecule has 400 valence electrons. The molecular weight excluding hydrogens is 877 g/mol. The number of ether oxygens (including phenoxy) is 3. The van der Waals surface area contributed by atoms with Crippen molar-refractivity contribution in [3.05, 3.63) is 134 Å². The van der Waals surface area contributed by atoms with Gasteiger partial charge in [0, 0.05) is 19.3 Å². The van der Waals surface area contributed by atoms with E-state index in [1.165, 1.54) is 103 Å². The molecule has 0 bridgehead atoms. The van der Waals surface area contributed by atoms with Crippen LogP contribution in [0.1, 0.15) is 239 Å². The molecular formula is C65H104O6. The van der Waals surface area contributed by atoms with Gasteiger partial charge in [-0.1, -0.05) is 231 Å². The Hall–Kier alpha value is -4.45. The van der Waals surface area contributed by atoms with E-state index < -0.39 is 12.1 Å². The molecule has 0 amide bonds. The Labute approximate surface area is 436 Å². The van der Waals surface area contributed by atoms with Crippen molar-refractivity contribution in [1.29, 1.82) is 0 Å². The van der Waals surface area contributed by atoms with Crippen LogP contribution in [0.25, 0.3) is 0 Å². The van der Waals surface area contributed by atoms with Crippen molar-refractivity contribution in [3.8, 4) is 0 Å². The van der Waals surface area contributed by atoms with Crippen molar-refractivity contribution in [3.63, 3.8) is 0 Å². The van der Waals surface area contributed by atoms with Crippen LogP contribution in [-0.4, -0.2) is 37.2 Å². The van der Waals surface area contributed by atoms with Crippen LogP contribution < -0.4 is 0 Å². The summed E-state index contributed by atoms with van der Waals surface area (Å²) in [7, 11) is 0. The number of carbonyl (C=O) groups excluding carboxylic acids is 3. The Morgan fingerprint density at radius 3 is 1.01 bits per heavy atom. The van der Waals surface area contributed by atoms with Gasteiger partial charge in [0.15, 0.2) is 6.10 Å². The van der Waals surface area contributed by atoms with Gasteiger partial charge in [0.1, 0.15) is 13.2 Å². The highest BCUT2D eigenvalue weighted by atomic mass is 16.6. The Bertz CT molecular complexity index is 1550. The topological polar surface area (TPSA) is 78.9 Å². The first kappa shape index (κ1) is 66.6. The Morgan fingerprint density at radius 1 is 0.296 bits per heavy atom. The zero-order valence-corrected chi connectivity index (χ0v) is 45.7. The highest BCUT2D eigenvalue weighted by molar-refractivity contribution is 5.71. The standard InChI is InChI=1S/C65H104O6/c1-4-7-10-13-16-19-22-25-28-31-32-35-38-41-44-47-50-53-56-59-65(68)71-62(60-69-63(66)57-54-51-48-45-42-39-36-33-29-26-23-20-17-14-11-8-5-2)61-70-64(67)58-55-52-49-46-43-40-37-34-30-27-24-21-18-15-12-9-6-3/h7,10,16-17,19-20,25-30,32,35-36,39,41,44-45,48,50,53,62H,4-6,8-9,11-15,18,21-24,31,33-34,37-38,40,42-43,46-47,49,51-52,54-61H2,1-3H3/b10-7-,19-16-,20-17-,28-25-,29-26-,30-27-,35-32-,39-36-,44-41-,48-45-,53-50-/t62-/m1/s1. The van der Waals surface area contributed by atoms with Crippen molar-refractivity contribution in [2.75, 3.05) is 13.2 Å². The fraction of sp³-hybridized carbons (Fsp3) is 0.615. The van der Waals surface area contributed by atoms with Crippen LogP contribution in [0.2, 0.25) is 0 Å². The molecule has 0 fully saturated rings. The molecule has 0 saturated carbocycles. The van der Waals surface area contributed by atoms with Crippen LogP contribution >= 0.6 is 0 Å². The molecule has 0 unspecified atom stereocenters. The van der Waals surface area contributed by atoms with Crippen LogP contribution in [0.3, 0.4) is 0 Å². The second-order valence-corrected chi connectivity index (χ2v) is 18.5. The molecule has 6 heteroatoms. The molecule has 1 atom stereocenters. The fourth-order valence-electron chi connectivity index (χ4n) is 7.34. The highest BCUT2D eigenvalue weighted by Crippen LogP contribution is 2.13. The van der Waals surface area contributed by atoms with E-state index in [1.807, 2.05) is 12.2 Å². The van der Waals surface area contributed by atoms with Crippen molar-refractivity contribution in [2.24, 2.45) is 0 Å². The Balaban J connectivity index is 4.61. The van der Waals surface area contributed by atoms with Crippen LogP contribution in [0.5, 0.6) is 0 Å². The first-order valence-electron chi connectivity index (χ1n) is 28.7. The lowest BCUT2D eigenvalue weighted by Gasteiger charge is -2.18. The molecule has 0 aromatic heterocycles. The third-order valence-corrected chi connectivity index (χ3v) is 11.6. The summed E-state index contributed by atoms with van der Waals surface area (Å²) in [5, 5.41) is 0. The molecule has 0 spiro atoms. The maximum atomic E-state index is 12.8. The molecule has 0 aromatic rings. The predicted octanol–water partition coefficient (Wildman–Crippen LogP) is 19.4. The summed E-state index contributed by atoms with van der Waals surface area (Å²) in [5.41, 5.74) is 0. The third-order valence-electron chi connectivity index (χ3n) is 11.6. The number of allylic oxidation sites excluding steroid dienone is 22. The van der Waals surface area contributed by atoms with E-state index in [0.717, 1.165) is 83.5 Å². The summed E-state index contributed by atoms with van der Waals surface area (Å²) in [6, 6.07) is 0. The zero-order valence-electron chi connectivity index (χ0n) is 45.7. The number of unbranched alkanes of at least 4 members (excludes halogenated alkanes) is 17. The monoisotopic (exact) mass is 981 g/mol. The number of hydrogen-bond acceptors (Lipinski definition) is 6. The predicted molar refractivity (Wildman–Crippen MR) is 306 cm³/mol. The van der Waals surface area contributed by atoms with E-state index >= 15 is 0 Å². The van der Waals surface area contributed by atoms with Gasteiger partial charge in [0.05, 0.1) is 0 Å². The van der Waals surface area contributed by atoms with E-state index in [4.69, 9.17) is 14.2 Å². The zero-order chi connectivity index (χ0) is 51.4. The average Bonchev–Trinajstić information content (AvgIpc) is 3.37. The lowest BCUT2D eigenvalue weighted by atomic mass is 10.1. The Morgan fingerprint density at radius 2 is 0.592 bits per heavy atom. The summed E-state index contributed by atoms with van der Waals surface area (Å²) in [4.78, 5) is 38.1. The molecule has 0 rings (SSSR count).